The van der Waals surface area contributed by atoms with Crippen molar-refractivity contribution in [1.82, 2.24) is 4.90 Å². The highest BCUT2D eigenvalue weighted by Crippen LogP contribution is 2.40. The lowest BCUT2D eigenvalue weighted by Gasteiger charge is -2.37. The van der Waals surface area contributed by atoms with Crippen molar-refractivity contribution in [1.29, 1.82) is 0 Å². The molecule has 1 atom stereocenters. The highest BCUT2D eigenvalue weighted by molar-refractivity contribution is 7.80. The van der Waals surface area contributed by atoms with Crippen molar-refractivity contribution in [3.05, 3.63) is 0 Å². The average molecular weight is 282 g/mol. The van der Waals surface area contributed by atoms with Crippen molar-refractivity contribution in [3.63, 3.8) is 0 Å². The molecule has 0 aromatic rings. The topological polar surface area (TPSA) is 46.3 Å². The van der Waals surface area contributed by atoms with Gasteiger partial charge in [-0.1, -0.05) is 37.9 Å². The van der Waals surface area contributed by atoms with Crippen LogP contribution < -0.4 is 5.73 Å². The first kappa shape index (κ1) is 14.8. The molecule has 0 spiro atoms. The minimum Gasteiger partial charge on any atom is -0.392 e. The molecule has 19 heavy (non-hydrogen) atoms. The lowest BCUT2D eigenvalue weighted by molar-refractivity contribution is -0.139. The molecular formula is C15H26N2OS. The number of hydrogen-bond acceptors (Lipinski definition) is 2. The molecule has 0 aromatic carbocycles. The van der Waals surface area contributed by atoms with E-state index in [1.807, 2.05) is 11.9 Å². The van der Waals surface area contributed by atoms with Crippen LogP contribution in [0.4, 0.5) is 0 Å². The van der Waals surface area contributed by atoms with E-state index in [0.717, 1.165) is 25.7 Å². The Hall–Kier alpha value is -0.640. The predicted molar refractivity (Wildman–Crippen MR) is 81.9 cm³/mol. The Morgan fingerprint density at radius 2 is 1.79 bits per heavy atom. The first-order valence-corrected chi connectivity index (χ1v) is 7.97. The Morgan fingerprint density at radius 3 is 2.21 bits per heavy atom. The van der Waals surface area contributed by atoms with E-state index in [4.69, 9.17) is 18.0 Å². The number of amides is 1. The summed E-state index contributed by atoms with van der Waals surface area (Å²) in [5.41, 5.74) is 5.42. The van der Waals surface area contributed by atoms with Crippen LogP contribution in [0.15, 0.2) is 0 Å². The van der Waals surface area contributed by atoms with Crippen LogP contribution in [0, 0.1) is 11.3 Å². The van der Waals surface area contributed by atoms with Gasteiger partial charge in [-0.3, -0.25) is 4.79 Å². The second kappa shape index (κ2) is 5.78. The second-order valence-electron chi connectivity index (χ2n) is 6.35. The van der Waals surface area contributed by atoms with Crippen molar-refractivity contribution in [2.24, 2.45) is 17.1 Å². The Morgan fingerprint density at radius 1 is 1.26 bits per heavy atom. The van der Waals surface area contributed by atoms with E-state index in [0.29, 0.717) is 16.9 Å². The van der Waals surface area contributed by atoms with Crippen LogP contribution in [0.25, 0.3) is 0 Å². The molecule has 3 nitrogen and oxygen atoms in total. The molecule has 2 fully saturated rings. The number of thiocarbonyl (C=S) groups is 1. The Bertz CT molecular complexity index is 357. The van der Waals surface area contributed by atoms with Gasteiger partial charge in [0.15, 0.2) is 0 Å². The summed E-state index contributed by atoms with van der Waals surface area (Å²) in [5, 5.41) is 0. The summed E-state index contributed by atoms with van der Waals surface area (Å²) >= 11 is 5.28. The Labute approximate surface area is 121 Å². The maximum Gasteiger partial charge on any atom is 0.235 e. The number of nitrogens with two attached hydrogens (primary N) is 1. The molecule has 0 bridgehead atoms. The van der Waals surface area contributed by atoms with E-state index < -0.39 is 5.41 Å². The zero-order chi connectivity index (χ0) is 14.0. The molecule has 2 aliphatic rings. The number of carbonyl (C=O) groups excluding carboxylic acids is 1. The second-order valence-corrected chi connectivity index (χ2v) is 6.79. The quantitative estimate of drug-likeness (QED) is 0.637. The van der Waals surface area contributed by atoms with Gasteiger partial charge in [-0.05, 0) is 38.5 Å². The van der Waals surface area contributed by atoms with Crippen LogP contribution in [0.1, 0.15) is 58.3 Å². The average Bonchev–Trinajstić information content (AvgIpc) is 3.21. The fourth-order valence-electron chi connectivity index (χ4n) is 3.32. The van der Waals surface area contributed by atoms with Crippen molar-refractivity contribution in [2.45, 2.75) is 64.3 Å². The van der Waals surface area contributed by atoms with E-state index in [9.17, 15) is 4.79 Å². The van der Waals surface area contributed by atoms with Gasteiger partial charge in [-0.15, -0.1) is 0 Å². The SMILES string of the molecule is CC(C1CC1)N(C)C(=O)C1(C(N)=S)CCCCCC1. The van der Waals surface area contributed by atoms with E-state index in [1.54, 1.807) is 0 Å². The zero-order valence-electron chi connectivity index (χ0n) is 12.2. The normalized spacial score (nSPS) is 24.3. The fourth-order valence-corrected chi connectivity index (χ4v) is 3.61. The molecule has 108 valence electrons. The van der Waals surface area contributed by atoms with Crippen molar-refractivity contribution >= 4 is 23.1 Å². The van der Waals surface area contributed by atoms with E-state index in [-0.39, 0.29) is 5.91 Å². The molecule has 0 heterocycles. The van der Waals surface area contributed by atoms with E-state index in [1.165, 1.54) is 25.7 Å². The predicted octanol–water partition coefficient (Wildman–Crippen LogP) is 2.87. The number of rotatable bonds is 4. The summed E-state index contributed by atoms with van der Waals surface area (Å²) in [6.45, 7) is 2.15. The molecule has 2 rings (SSSR count). The molecule has 0 radical (unpaired) electrons. The van der Waals surface area contributed by atoms with Gasteiger partial charge in [0.1, 0.15) is 0 Å². The van der Waals surface area contributed by atoms with Gasteiger partial charge < -0.3 is 10.6 Å². The molecule has 1 amide bonds. The number of carbonyl (C=O) groups is 1. The van der Waals surface area contributed by atoms with Gasteiger partial charge in [0.05, 0.1) is 10.4 Å². The molecule has 2 aliphatic carbocycles. The maximum absolute atomic E-state index is 12.9. The molecule has 4 heteroatoms. The van der Waals surface area contributed by atoms with Crippen LogP contribution in [0.3, 0.4) is 0 Å². The molecule has 0 saturated heterocycles. The Balaban J connectivity index is 2.17. The number of hydrogen-bond donors (Lipinski definition) is 1. The fraction of sp³-hybridized carbons (Fsp3) is 0.867. The van der Waals surface area contributed by atoms with Gasteiger partial charge >= 0.3 is 0 Å². The van der Waals surface area contributed by atoms with Gasteiger partial charge in [-0.2, -0.15) is 0 Å². The van der Waals surface area contributed by atoms with E-state index in [2.05, 4.69) is 6.92 Å². The lowest BCUT2D eigenvalue weighted by atomic mass is 9.78. The minimum absolute atomic E-state index is 0.168. The Kier molecular flexibility index (Phi) is 4.49. The zero-order valence-corrected chi connectivity index (χ0v) is 13.0. The summed E-state index contributed by atoms with van der Waals surface area (Å²) in [6, 6.07) is 0.321. The smallest absolute Gasteiger partial charge is 0.235 e. The van der Waals surface area contributed by atoms with Crippen LogP contribution in [-0.4, -0.2) is 28.9 Å². The van der Waals surface area contributed by atoms with E-state index >= 15 is 0 Å². The largest absolute Gasteiger partial charge is 0.392 e. The molecule has 2 saturated carbocycles. The minimum atomic E-state index is -0.566. The van der Waals surface area contributed by atoms with Gasteiger partial charge in [0.2, 0.25) is 5.91 Å². The van der Waals surface area contributed by atoms with Crippen molar-refractivity contribution in [2.75, 3.05) is 7.05 Å². The molecule has 0 aliphatic heterocycles. The van der Waals surface area contributed by atoms with Crippen molar-refractivity contribution < 1.29 is 4.79 Å². The maximum atomic E-state index is 12.9. The molecule has 0 aromatic heterocycles. The van der Waals surface area contributed by atoms with Crippen LogP contribution >= 0.6 is 12.2 Å². The standard InChI is InChI=1S/C15H26N2OS/c1-11(12-7-8-12)17(2)14(18)15(13(16)19)9-5-3-4-6-10-15/h11-12H,3-10H2,1-2H3,(H2,16,19). The first-order chi connectivity index (χ1) is 8.99. The summed E-state index contributed by atoms with van der Waals surface area (Å²) in [4.78, 5) is 15.3. The highest BCUT2D eigenvalue weighted by atomic mass is 32.1. The third kappa shape index (κ3) is 2.93. The summed E-state index contributed by atoms with van der Waals surface area (Å²) < 4.78 is 0. The monoisotopic (exact) mass is 282 g/mol. The third-order valence-corrected chi connectivity index (χ3v) is 5.46. The number of nitrogens with zero attached hydrogens (tertiary/aromatic N) is 1. The third-order valence-electron chi connectivity index (χ3n) is 5.07. The van der Waals surface area contributed by atoms with Gasteiger partial charge in [0.25, 0.3) is 0 Å². The van der Waals surface area contributed by atoms with Crippen LogP contribution in [-0.2, 0) is 4.79 Å². The van der Waals surface area contributed by atoms with Gasteiger partial charge in [-0.25, -0.2) is 0 Å². The summed E-state index contributed by atoms with van der Waals surface area (Å²) in [7, 11) is 1.93. The molecular weight excluding hydrogens is 256 g/mol. The van der Waals surface area contributed by atoms with Crippen LogP contribution in [0.5, 0.6) is 0 Å². The first-order valence-electron chi connectivity index (χ1n) is 7.56. The molecule has 1 unspecified atom stereocenters. The van der Waals surface area contributed by atoms with Crippen LogP contribution in [0.2, 0.25) is 0 Å². The summed E-state index contributed by atoms with van der Waals surface area (Å²) in [5.74, 6) is 0.851. The summed E-state index contributed by atoms with van der Waals surface area (Å²) in [6.07, 6.45) is 8.69. The van der Waals surface area contributed by atoms with Crippen molar-refractivity contribution in [3.8, 4) is 0 Å². The van der Waals surface area contributed by atoms with Gasteiger partial charge in [0, 0.05) is 13.1 Å². The lowest BCUT2D eigenvalue weighted by Crippen LogP contribution is -2.52. The molecule has 2 N–H and O–H groups in total. The highest BCUT2D eigenvalue weighted by Gasteiger charge is 2.45.